The van der Waals surface area contributed by atoms with Crippen molar-refractivity contribution < 1.29 is 4.74 Å². The predicted molar refractivity (Wildman–Crippen MR) is 40.1 cm³/mol. The molecule has 0 aliphatic carbocycles. The highest BCUT2D eigenvalue weighted by atomic mass is 16.5. The lowest BCUT2D eigenvalue weighted by Crippen LogP contribution is -2.17. The van der Waals surface area contributed by atoms with Gasteiger partial charge >= 0.3 is 0 Å². The normalized spacial score (nSPS) is 15.8. The van der Waals surface area contributed by atoms with Gasteiger partial charge < -0.3 is 4.74 Å². The first-order valence-corrected chi connectivity index (χ1v) is 3.27. The van der Waals surface area contributed by atoms with Crippen molar-refractivity contribution in [2.75, 3.05) is 13.7 Å². The molecule has 0 saturated heterocycles. The largest absolute Gasteiger partial charge is 0.373 e. The zero-order chi connectivity index (χ0) is 7.28. The summed E-state index contributed by atoms with van der Waals surface area (Å²) in [6.07, 6.45) is 0.181. The van der Waals surface area contributed by atoms with Gasteiger partial charge in [0.1, 0.15) is 0 Å². The quantitative estimate of drug-likeness (QED) is 0.529. The van der Waals surface area contributed by atoms with E-state index in [4.69, 9.17) is 4.74 Å². The zero-order valence-corrected chi connectivity index (χ0v) is 6.64. The molecule has 0 spiro atoms. The van der Waals surface area contributed by atoms with Gasteiger partial charge in [-0.25, -0.2) is 0 Å². The first-order chi connectivity index (χ1) is 4.22. The Morgan fingerprint density at radius 1 is 1.67 bits per heavy atom. The molecule has 0 fully saturated rings. The number of aliphatic imine (C=N–C) groups is 1. The molecule has 0 aromatic heterocycles. The molecule has 0 bridgehead atoms. The number of hydrogen-bond acceptors (Lipinski definition) is 2. The molecular weight excluding hydrogens is 114 g/mol. The van der Waals surface area contributed by atoms with Crippen molar-refractivity contribution in [3.05, 3.63) is 0 Å². The molecule has 0 aliphatic heterocycles. The predicted octanol–water partition coefficient (Wildman–Crippen LogP) is 1.50. The molecule has 2 nitrogen and oxygen atoms in total. The molecule has 2 heteroatoms. The van der Waals surface area contributed by atoms with Crippen LogP contribution < -0.4 is 0 Å². The molecule has 0 amide bonds. The first-order valence-electron chi connectivity index (χ1n) is 3.27. The van der Waals surface area contributed by atoms with Crippen LogP contribution in [0.25, 0.3) is 0 Å². The standard InChI is InChI=1S/C7H15NO/c1-5-9-7(3)6(2)8-4/h7H,5H2,1-4H3. The summed E-state index contributed by atoms with van der Waals surface area (Å²) in [6, 6.07) is 0. The van der Waals surface area contributed by atoms with Gasteiger partial charge in [0.2, 0.25) is 0 Å². The average Bonchev–Trinajstić information content (AvgIpc) is 1.87. The zero-order valence-electron chi connectivity index (χ0n) is 6.64. The van der Waals surface area contributed by atoms with Gasteiger partial charge in [-0.1, -0.05) is 0 Å². The third-order valence-corrected chi connectivity index (χ3v) is 1.36. The minimum atomic E-state index is 0.181. The van der Waals surface area contributed by atoms with E-state index in [2.05, 4.69) is 4.99 Å². The van der Waals surface area contributed by atoms with Crippen LogP contribution in [0, 0.1) is 0 Å². The molecular formula is C7H15NO. The van der Waals surface area contributed by atoms with Crippen LogP contribution in [0.1, 0.15) is 20.8 Å². The topological polar surface area (TPSA) is 21.6 Å². The van der Waals surface area contributed by atoms with Crippen LogP contribution >= 0.6 is 0 Å². The Morgan fingerprint density at radius 2 is 2.22 bits per heavy atom. The molecule has 0 saturated carbocycles. The molecule has 9 heavy (non-hydrogen) atoms. The number of ether oxygens (including phenoxy) is 1. The van der Waals surface area contributed by atoms with Crippen molar-refractivity contribution in [2.45, 2.75) is 26.9 Å². The van der Waals surface area contributed by atoms with Crippen LogP contribution in [0.15, 0.2) is 4.99 Å². The van der Waals surface area contributed by atoms with Crippen molar-refractivity contribution in [1.29, 1.82) is 0 Å². The van der Waals surface area contributed by atoms with E-state index in [1.807, 2.05) is 20.8 Å². The van der Waals surface area contributed by atoms with Crippen molar-refractivity contribution in [3.8, 4) is 0 Å². The summed E-state index contributed by atoms with van der Waals surface area (Å²) in [7, 11) is 1.78. The number of nitrogens with zero attached hydrogens (tertiary/aromatic N) is 1. The van der Waals surface area contributed by atoms with Gasteiger partial charge in [0, 0.05) is 19.4 Å². The summed E-state index contributed by atoms with van der Waals surface area (Å²) in [6.45, 7) is 6.72. The number of rotatable bonds is 3. The van der Waals surface area contributed by atoms with Gasteiger partial charge in [0.05, 0.1) is 6.10 Å². The summed E-state index contributed by atoms with van der Waals surface area (Å²) in [5, 5.41) is 0. The van der Waals surface area contributed by atoms with Crippen LogP contribution in [-0.4, -0.2) is 25.5 Å². The molecule has 0 N–H and O–H groups in total. The third kappa shape index (κ3) is 3.25. The summed E-state index contributed by atoms with van der Waals surface area (Å²) in [4.78, 5) is 4.00. The highest BCUT2D eigenvalue weighted by Gasteiger charge is 2.01. The maximum absolute atomic E-state index is 5.26. The fraction of sp³-hybridized carbons (Fsp3) is 0.857. The van der Waals surface area contributed by atoms with Crippen LogP contribution in [0.2, 0.25) is 0 Å². The van der Waals surface area contributed by atoms with Crippen molar-refractivity contribution in [1.82, 2.24) is 0 Å². The Balaban J connectivity index is 3.59. The highest BCUT2D eigenvalue weighted by Crippen LogP contribution is 1.92. The van der Waals surface area contributed by atoms with E-state index in [0.717, 1.165) is 12.3 Å². The third-order valence-electron chi connectivity index (χ3n) is 1.36. The van der Waals surface area contributed by atoms with Crippen LogP contribution in [0.4, 0.5) is 0 Å². The Hall–Kier alpha value is -0.370. The smallest absolute Gasteiger partial charge is 0.0920 e. The Morgan fingerprint density at radius 3 is 2.56 bits per heavy atom. The van der Waals surface area contributed by atoms with Gasteiger partial charge in [-0.3, -0.25) is 4.99 Å². The SMILES string of the molecule is CCOC(C)C(C)=NC. The fourth-order valence-corrected chi connectivity index (χ4v) is 0.552. The van der Waals surface area contributed by atoms with E-state index in [0.29, 0.717) is 0 Å². The summed E-state index contributed by atoms with van der Waals surface area (Å²) in [5.74, 6) is 0. The molecule has 0 aromatic rings. The van der Waals surface area contributed by atoms with E-state index in [1.54, 1.807) is 7.05 Å². The summed E-state index contributed by atoms with van der Waals surface area (Å²) >= 11 is 0. The van der Waals surface area contributed by atoms with E-state index >= 15 is 0 Å². The van der Waals surface area contributed by atoms with Crippen LogP contribution in [-0.2, 0) is 4.74 Å². The van der Waals surface area contributed by atoms with Crippen LogP contribution in [0.5, 0.6) is 0 Å². The number of hydrogen-bond donors (Lipinski definition) is 0. The van der Waals surface area contributed by atoms with Crippen LogP contribution in [0.3, 0.4) is 0 Å². The molecule has 1 unspecified atom stereocenters. The summed E-state index contributed by atoms with van der Waals surface area (Å²) < 4.78 is 5.26. The molecule has 0 aliphatic rings. The minimum Gasteiger partial charge on any atom is -0.373 e. The second-order valence-electron chi connectivity index (χ2n) is 1.96. The van der Waals surface area contributed by atoms with Gasteiger partial charge in [-0.2, -0.15) is 0 Å². The van der Waals surface area contributed by atoms with Crippen molar-refractivity contribution in [2.24, 2.45) is 4.99 Å². The van der Waals surface area contributed by atoms with E-state index in [-0.39, 0.29) is 6.10 Å². The van der Waals surface area contributed by atoms with Gasteiger partial charge in [0.15, 0.2) is 0 Å². The first kappa shape index (κ1) is 8.63. The Bertz CT molecular complexity index is 99.1. The second kappa shape index (κ2) is 4.50. The average molecular weight is 129 g/mol. The van der Waals surface area contributed by atoms with E-state index in [9.17, 15) is 0 Å². The lowest BCUT2D eigenvalue weighted by atomic mass is 10.3. The molecule has 0 heterocycles. The molecule has 0 radical (unpaired) electrons. The van der Waals surface area contributed by atoms with Gasteiger partial charge in [-0.05, 0) is 20.8 Å². The molecule has 0 aromatic carbocycles. The summed E-state index contributed by atoms with van der Waals surface area (Å²) in [5.41, 5.74) is 1.05. The van der Waals surface area contributed by atoms with Gasteiger partial charge in [0.25, 0.3) is 0 Å². The van der Waals surface area contributed by atoms with Crippen molar-refractivity contribution >= 4 is 5.71 Å². The molecule has 0 rings (SSSR count). The Labute approximate surface area is 56.9 Å². The van der Waals surface area contributed by atoms with E-state index < -0.39 is 0 Å². The van der Waals surface area contributed by atoms with Crippen molar-refractivity contribution in [3.63, 3.8) is 0 Å². The maximum Gasteiger partial charge on any atom is 0.0920 e. The molecule has 1 atom stereocenters. The molecule has 54 valence electrons. The second-order valence-corrected chi connectivity index (χ2v) is 1.96. The highest BCUT2D eigenvalue weighted by molar-refractivity contribution is 5.85. The lowest BCUT2D eigenvalue weighted by Gasteiger charge is -2.09. The lowest BCUT2D eigenvalue weighted by molar-refractivity contribution is 0.122. The van der Waals surface area contributed by atoms with E-state index in [1.165, 1.54) is 0 Å². The van der Waals surface area contributed by atoms with Gasteiger partial charge in [-0.15, -0.1) is 0 Å². The fourth-order valence-electron chi connectivity index (χ4n) is 0.552. The Kier molecular flexibility index (Phi) is 4.32. The maximum atomic E-state index is 5.26. The minimum absolute atomic E-state index is 0.181. The monoisotopic (exact) mass is 129 g/mol.